The number of amides is 1. The highest BCUT2D eigenvalue weighted by molar-refractivity contribution is 8.36. The summed E-state index contributed by atoms with van der Waals surface area (Å²) >= 11 is 3.98. The summed E-state index contributed by atoms with van der Waals surface area (Å²) in [6.45, 7) is 1.94. The molecule has 142 valence electrons. The van der Waals surface area contributed by atoms with E-state index >= 15 is 0 Å². The lowest BCUT2D eigenvalue weighted by Crippen LogP contribution is -2.64. The molecule has 6 unspecified atom stereocenters. The van der Waals surface area contributed by atoms with E-state index in [0.29, 0.717) is 13.2 Å². The van der Waals surface area contributed by atoms with E-state index in [9.17, 15) is 20.1 Å². The Morgan fingerprint density at radius 2 is 1.88 bits per heavy atom. The Bertz CT molecular complexity index is 366. The predicted octanol–water partition coefficient (Wildman–Crippen LogP) is -0.0380. The maximum Gasteiger partial charge on any atom is 0.217 e. The molecule has 1 saturated heterocycles. The van der Waals surface area contributed by atoms with Gasteiger partial charge in [0, 0.05) is 13.5 Å². The average Bonchev–Trinajstić information content (AvgIpc) is 2.55. The van der Waals surface area contributed by atoms with E-state index in [1.807, 2.05) is 0 Å². The molecule has 24 heavy (non-hydrogen) atoms. The lowest BCUT2D eigenvalue weighted by molar-refractivity contribution is -0.270. The zero-order chi connectivity index (χ0) is 17.9. The summed E-state index contributed by atoms with van der Waals surface area (Å²) in [5, 5.41) is 31.8. The van der Waals surface area contributed by atoms with Gasteiger partial charge in [0.15, 0.2) is 6.29 Å². The number of hydrogen-bond acceptors (Lipinski definition) is 8. The molecule has 1 heterocycles. The van der Waals surface area contributed by atoms with Crippen molar-refractivity contribution in [1.82, 2.24) is 5.32 Å². The maximum absolute atomic E-state index is 11.3. The van der Waals surface area contributed by atoms with E-state index in [1.54, 1.807) is 0 Å². The summed E-state index contributed by atoms with van der Waals surface area (Å²) in [4.78, 5) is 11.3. The minimum Gasteiger partial charge on any atom is -0.394 e. The Morgan fingerprint density at radius 1 is 1.21 bits per heavy atom. The lowest BCUT2D eigenvalue weighted by atomic mass is 9.97. The quantitative estimate of drug-likeness (QED) is 0.192. The molecule has 0 aliphatic carbocycles. The van der Waals surface area contributed by atoms with Crippen molar-refractivity contribution in [3.63, 3.8) is 0 Å². The summed E-state index contributed by atoms with van der Waals surface area (Å²) < 4.78 is 16.2. The fourth-order valence-corrected chi connectivity index (χ4v) is 3.00. The Balaban J connectivity index is 2.39. The van der Waals surface area contributed by atoms with Crippen molar-refractivity contribution in [1.29, 1.82) is 0 Å². The van der Waals surface area contributed by atoms with Crippen LogP contribution in [0.1, 0.15) is 32.6 Å². The normalized spacial score (nSPS) is 30.8. The molecular weight excluding hydrogens is 357 g/mol. The summed E-state index contributed by atoms with van der Waals surface area (Å²) in [6, 6.07) is -0.884. The van der Waals surface area contributed by atoms with E-state index < -0.39 is 37.3 Å². The summed E-state index contributed by atoms with van der Waals surface area (Å²) in [7, 11) is 0.214. The number of unbranched alkanes of at least 4 members (excludes halogenated alkanes) is 3. The largest absolute Gasteiger partial charge is 0.394 e. The topological polar surface area (TPSA) is 117 Å². The van der Waals surface area contributed by atoms with Gasteiger partial charge in [-0.2, -0.15) is 0 Å². The molecule has 0 saturated carbocycles. The van der Waals surface area contributed by atoms with Gasteiger partial charge in [-0.25, -0.2) is 0 Å². The van der Waals surface area contributed by atoms with E-state index in [1.165, 1.54) is 6.92 Å². The first kappa shape index (κ1) is 22.1. The first-order chi connectivity index (χ1) is 11.5. The van der Waals surface area contributed by atoms with Crippen LogP contribution in [0.25, 0.3) is 0 Å². The molecule has 1 aliphatic rings. The number of thiol groups is 1. The van der Waals surface area contributed by atoms with Gasteiger partial charge in [-0.3, -0.25) is 4.79 Å². The molecule has 0 aromatic heterocycles. The number of carbonyl (C=O) groups is 1. The minimum absolute atomic E-state index is 0.214. The van der Waals surface area contributed by atoms with E-state index in [2.05, 4.69) is 17.6 Å². The zero-order valence-electron chi connectivity index (χ0n) is 13.8. The molecule has 1 aliphatic heterocycles. The Hall–Kier alpha value is 0.01000. The van der Waals surface area contributed by atoms with Crippen molar-refractivity contribution >= 4 is 26.2 Å². The number of nitrogens with one attached hydrogen (secondary N) is 1. The van der Waals surface area contributed by atoms with Crippen LogP contribution in [0.5, 0.6) is 0 Å². The van der Waals surface area contributed by atoms with Gasteiger partial charge in [-0.15, -0.1) is 12.2 Å². The smallest absolute Gasteiger partial charge is 0.217 e. The molecule has 0 spiro atoms. The van der Waals surface area contributed by atoms with Gasteiger partial charge in [-0.1, -0.05) is 12.8 Å². The molecule has 0 radical (unpaired) electrons. The number of ether oxygens (including phenoxy) is 2. The third kappa shape index (κ3) is 7.49. The molecule has 1 fully saturated rings. The molecule has 1 amide bonds. The van der Waals surface area contributed by atoms with Gasteiger partial charge in [-0.05, 0) is 12.8 Å². The van der Waals surface area contributed by atoms with E-state index in [4.69, 9.17) is 14.0 Å². The number of aliphatic hydroxyl groups is 3. The van der Waals surface area contributed by atoms with Crippen LogP contribution in [-0.4, -0.2) is 71.7 Å². The fraction of sp³-hybridized carbons (Fsp3) is 0.929. The molecule has 1 rings (SSSR count). The van der Waals surface area contributed by atoms with Crippen LogP contribution >= 0.6 is 20.3 Å². The first-order valence-corrected chi connectivity index (χ1v) is 10.2. The van der Waals surface area contributed by atoms with Crippen LogP contribution in [-0.2, 0) is 18.8 Å². The van der Waals surface area contributed by atoms with Crippen molar-refractivity contribution in [3.05, 3.63) is 0 Å². The highest BCUT2D eigenvalue weighted by Gasteiger charge is 2.45. The monoisotopic (exact) mass is 385 g/mol. The molecule has 8 nitrogen and oxygen atoms in total. The zero-order valence-corrected chi connectivity index (χ0v) is 15.7. The van der Waals surface area contributed by atoms with Crippen LogP contribution in [0.3, 0.4) is 0 Å². The SMILES string of the molecule is CC(=O)NC1C(OCCCCCCOPS)OC(CO)C(O)C1O. The van der Waals surface area contributed by atoms with Crippen LogP contribution in [0.2, 0.25) is 0 Å². The van der Waals surface area contributed by atoms with Gasteiger partial charge in [0.1, 0.15) is 24.4 Å². The second-order valence-electron chi connectivity index (χ2n) is 5.66. The molecule has 4 N–H and O–H groups in total. The number of aliphatic hydroxyl groups excluding tert-OH is 3. The van der Waals surface area contributed by atoms with Crippen LogP contribution < -0.4 is 5.32 Å². The number of carbonyl (C=O) groups excluding carboxylic acids is 1. The predicted molar refractivity (Wildman–Crippen MR) is 93.0 cm³/mol. The van der Waals surface area contributed by atoms with Crippen molar-refractivity contribution in [2.24, 2.45) is 0 Å². The van der Waals surface area contributed by atoms with Crippen LogP contribution in [0, 0.1) is 0 Å². The number of hydrogen-bond donors (Lipinski definition) is 5. The number of rotatable bonds is 11. The molecule has 0 aromatic rings. The van der Waals surface area contributed by atoms with Gasteiger partial charge in [0.2, 0.25) is 5.91 Å². The highest BCUT2D eigenvalue weighted by atomic mass is 32.7. The van der Waals surface area contributed by atoms with E-state index in [-0.39, 0.29) is 13.9 Å². The Kier molecular flexibility index (Phi) is 11.4. The molecule has 0 aromatic carbocycles. The first-order valence-electron chi connectivity index (χ1n) is 8.03. The average molecular weight is 385 g/mol. The van der Waals surface area contributed by atoms with Gasteiger partial charge in [0.25, 0.3) is 0 Å². The van der Waals surface area contributed by atoms with Crippen molar-refractivity contribution in [3.8, 4) is 0 Å². The molecule has 0 bridgehead atoms. The fourth-order valence-electron chi connectivity index (χ4n) is 2.49. The van der Waals surface area contributed by atoms with Crippen molar-refractivity contribution in [2.45, 2.75) is 63.3 Å². The second kappa shape index (κ2) is 12.4. The third-order valence-corrected chi connectivity index (χ3v) is 4.46. The molecule has 10 heteroatoms. The summed E-state index contributed by atoms with van der Waals surface area (Å²) in [5.41, 5.74) is 0. The summed E-state index contributed by atoms with van der Waals surface area (Å²) in [5.74, 6) is -0.365. The molecular formula is C14H28NO7PS. The van der Waals surface area contributed by atoms with Gasteiger partial charge in [0.05, 0.1) is 21.2 Å². The van der Waals surface area contributed by atoms with Gasteiger partial charge < -0.3 is 34.6 Å². The third-order valence-electron chi connectivity index (χ3n) is 3.74. The van der Waals surface area contributed by atoms with Crippen LogP contribution in [0.15, 0.2) is 0 Å². The highest BCUT2D eigenvalue weighted by Crippen LogP contribution is 2.22. The summed E-state index contributed by atoms with van der Waals surface area (Å²) in [6.07, 6.45) is -0.734. The second-order valence-corrected chi connectivity index (χ2v) is 6.68. The Labute approximate surface area is 149 Å². The molecule has 6 atom stereocenters. The maximum atomic E-state index is 11.3. The van der Waals surface area contributed by atoms with Crippen molar-refractivity contribution in [2.75, 3.05) is 19.8 Å². The van der Waals surface area contributed by atoms with Gasteiger partial charge >= 0.3 is 0 Å². The standard InChI is InChI=1S/C14H28NO7PS/c1-9(17)15-11-13(19)12(18)10(8-16)22-14(11)20-6-4-2-3-5-7-21-23-24/h10-14,16,18-19,23-24H,2-8H2,1H3,(H,15,17). The Morgan fingerprint density at radius 3 is 2.46 bits per heavy atom. The lowest BCUT2D eigenvalue weighted by Gasteiger charge is -2.42. The van der Waals surface area contributed by atoms with Crippen LogP contribution in [0.4, 0.5) is 0 Å². The van der Waals surface area contributed by atoms with E-state index in [0.717, 1.165) is 25.7 Å². The van der Waals surface area contributed by atoms with Crippen molar-refractivity contribution < 1.29 is 34.1 Å². The minimum atomic E-state index is -1.29.